The van der Waals surface area contributed by atoms with Gasteiger partial charge in [-0.15, -0.1) is 0 Å². The fourth-order valence-electron chi connectivity index (χ4n) is 6.57. The van der Waals surface area contributed by atoms with Crippen LogP contribution in [0.25, 0.3) is 11.3 Å². The van der Waals surface area contributed by atoms with E-state index in [1.165, 1.54) is 12.1 Å². The Bertz CT molecular complexity index is 1400. The van der Waals surface area contributed by atoms with E-state index in [1.54, 1.807) is 0 Å². The van der Waals surface area contributed by atoms with Crippen LogP contribution < -0.4 is 0 Å². The Balaban J connectivity index is 1.31. The summed E-state index contributed by atoms with van der Waals surface area (Å²) in [5.41, 5.74) is -0.349. The van der Waals surface area contributed by atoms with E-state index in [2.05, 4.69) is 23.9 Å². The summed E-state index contributed by atoms with van der Waals surface area (Å²) in [6.45, 7) is 7.22. The van der Waals surface area contributed by atoms with Gasteiger partial charge in [0.2, 0.25) is 0 Å². The minimum Gasteiger partial charge on any atom is -0.390 e. The Morgan fingerprint density at radius 1 is 1.05 bits per heavy atom. The van der Waals surface area contributed by atoms with Gasteiger partial charge < -0.3 is 9.63 Å². The third-order valence-electron chi connectivity index (χ3n) is 8.92. The molecule has 1 saturated carbocycles. The second-order valence-corrected chi connectivity index (χ2v) is 13.1. The fourth-order valence-corrected chi connectivity index (χ4v) is 6.57. The number of benzene rings is 2. The molecule has 41 heavy (non-hydrogen) atoms. The maximum Gasteiger partial charge on any atom is 0.185 e. The van der Waals surface area contributed by atoms with Crippen LogP contribution in [0, 0.1) is 17.0 Å². The summed E-state index contributed by atoms with van der Waals surface area (Å²) < 4.78 is 32.9. The molecule has 1 saturated heterocycles. The number of rotatable bonds is 10. The molecule has 8 heteroatoms. The van der Waals surface area contributed by atoms with Gasteiger partial charge in [-0.25, -0.2) is 8.78 Å². The summed E-state index contributed by atoms with van der Waals surface area (Å²) in [6.07, 6.45) is 3.95. The highest BCUT2D eigenvalue weighted by Gasteiger charge is 2.49. The van der Waals surface area contributed by atoms with Gasteiger partial charge in [0.15, 0.2) is 11.5 Å². The Morgan fingerprint density at radius 3 is 2.39 bits per heavy atom. The monoisotopic (exact) mass is 564 g/mol. The average Bonchev–Trinajstić information content (AvgIpc) is 3.37. The van der Waals surface area contributed by atoms with Crippen LogP contribution in [0.2, 0.25) is 0 Å². The number of aromatic nitrogens is 1. The Hall–Kier alpha value is -3.23. The van der Waals surface area contributed by atoms with Crippen molar-refractivity contribution >= 4 is 11.6 Å². The number of nitrogens with zero attached hydrogens (tertiary/aromatic N) is 2. The molecule has 2 aliphatic rings. The molecule has 3 aromatic rings. The first-order valence-electron chi connectivity index (χ1n) is 14.3. The molecule has 0 atom stereocenters. The Labute approximate surface area is 239 Å². The van der Waals surface area contributed by atoms with Crippen molar-refractivity contribution in [3.63, 3.8) is 0 Å². The van der Waals surface area contributed by atoms with Crippen molar-refractivity contribution in [3.05, 3.63) is 77.5 Å². The van der Waals surface area contributed by atoms with Crippen LogP contribution in [-0.4, -0.2) is 51.5 Å². The molecule has 2 aromatic carbocycles. The number of ketones is 2. The first-order valence-corrected chi connectivity index (χ1v) is 14.3. The SMILES string of the molecule is CC1(O)CCC(N2CC(CC(=O)CC(C)(C)c3ccccc3)(CC(=O)c3cc(-c4ccc(F)cc4F)on3)C2)CC1. The summed E-state index contributed by atoms with van der Waals surface area (Å²) in [5.74, 6) is -1.63. The van der Waals surface area contributed by atoms with Crippen LogP contribution in [-0.2, 0) is 10.2 Å². The second-order valence-electron chi connectivity index (χ2n) is 13.1. The third kappa shape index (κ3) is 6.65. The normalized spacial score (nSPS) is 22.7. The number of carbonyl (C=O) groups excluding carboxylic acids is 2. The van der Waals surface area contributed by atoms with Gasteiger partial charge >= 0.3 is 0 Å². The van der Waals surface area contributed by atoms with Crippen molar-refractivity contribution in [3.8, 4) is 11.3 Å². The van der Waals surface area contributed by atoms with E-state index in [0.717, 1.165) is 43.4 Å². The largest absolute Gasteiger partial charge is 0.390 e. The molecule has 218 valence electrons. The van der Waals surface area contributed by atoms with E-state index < -0.39 is 22.7 Å². The molecule has 0 radical (unpaired) electrons. The lowest BCUT2D eigenvalue weighted by atomic mass is 9.68. The van der Waals surface area contributed by atoms with Crippen LogP contribution in [0.3, 0.4) is 0 Å². The molecule has 0 bridgehead atoms. The molecule has 5 rings (SSSR count). The van der Waals surface area contributed by atoms with Gasteiger partial charge in [-0.2, -0.15) is 0 Å². The van der Waals surface area contributed by atoms with E-state index in [-0.39, 0.29) is 46.8 Å². The number of hydrogen-bond acceptors (Lipinski definition) is 6. The molecular formula is C33H38F2N2O4. The summed E-state index contributed by atoms with van der Waals surface area (Å²) in [5, 5.41) is 14.3. The predicted octanol–water partition coefficient (Wildman–Crippen LogP) is 6.52. The van der Waals surface area contributed by atoms with Crippen molar-refractivity contribution in [1.29, 1.82) is 0 Å². The van der Waals surface area contributed by atoms with Gasteiger partial charge in [0.1, 0.15) is 23.1 Å². The van der Waals surface area contributed by atoms with Crippen molar-refractivity contribution in [1.82, 2.24) is 10.1 Å². The van der Waals surface area contributed by atoms with Crippen molar-refractivity contribution in [2.24, 2.45) is 5.41 Å². The quantitative estimate of drug-likeness (QED) is 0.283. The van der Waals surface area contributed by atoms with E-state index in [9.17, 15) is 23.5 Å². The standard InChI is InChI=1S/C33H38F2N2O4/c1-31(2,22-7-5-4-6-8-22)17-25(38)18-33(20-37(21-33)24-11-13-32(3,40)14-12-24)19-29(39)28-16-30(41-36-28)26-10-9-23(34)15-27(26)35/h4-10,15-16,24,40H,11-14,17-21H2,1-3H3. The molecular weight excluding hydrogens is 526 g/mol. The summed E-state index contributed by atoms with van der Waals surface area (Å²) >= 11 is 0. The van der Waals surface area contributed by atoms with Crippen molar-refractivity contribution < 1.29 is 28.0 Å². The summed E-state index contributed by atoms with van der Waals surface area (Å²) in [4.78, 5) is 29.3. The lowest BCUT2D eigenvalue weighted by molar-refractivity contribution is -0.128. The zero-order chi connectivity index (χ0) is 29.4. The maximum absolute atomic E-state index is 14.3. The topological polar surface area (TPSA) is 83.6 Å². The van der Waals surface area contributed by atoms with Gasteiger partial charge in [-0.3, -0.25) is 14.5 Å². The van der Waals surface area contributed by atoms with Crippen molar-refractivity contribution in [2.75, 3.05) is 13.1 Å². The zero-order valence-corrected chi connectivity index (χ0v) is 24.0. The first-order chi connectivity index (χ1) is 19.3. The highest BCUT2D eigenvalue weighted by atomic mass is 19.1. The number of aliphatic hydroxyl groups is 1. The molecule has 2 fully saturated rings. The number of likely N-dealkylation sites (tertiary alicyclic amines) is 1. The molecule has 1 aromatic heterocycles. The van der Waals surface area contributed by atoms with Gasteiger partial charge in [-0.1, -0.05) is 49.3 Å². The van der Waals surface area contributed by atoms with Gasteiger partial charge in [-0.05, 0) is 55.7 Å². The van der Waals surface area contributed by atoms with E-state index >= 15 is 0 Å². The molecule has 0 unspecified atom stereocenters. The Kier molecular flexibility index (Phi) is 8.01. The summed E-state index contributed by atoms with van der Waals surface area (Å²) in [6, 6.07) is 14.8. The average molecular weight is 565 g/mol. The lowest BCUT2D eigenvalue weighted by Crippen LogP contribution is -2.62. The third-order valence-corrected chi connectivity index (χ3v) is 8.92. The number of hydrogen-bond donors (Lipinski definition) is 1. The molecule has 1 aliphatic heterocycles. The Morgan fingerprint density at radius 2 is 1.73 bits per heavy atom. The van der Waals surface area contributed by atoms with Gasteiger partial charge in [0.25, 0.3) is 0 Å². The maximum atomic E-state index is 14.3. The molecule has 6 nitrogen and oxygen atoms in total. The predicted molar refractivity (Wildman–Crippen MR) is 151 cm³/mol. The minimum atomic E-state index is -0.802. The van der Waals surface area contributed by atoms with Crippen LogP contribution in [0.1, 0.15) is 81.8 Å². The van der Waals surface area contributed by atoms with E-state index in [1.807, 2.05) is 37.3 Å². The van der Waals surface area contributed by atoms with Crippen LogP contribution in [0.15, 0.2) is 59.1 Å². The molecule has 0 amide bonds. The molecule has 2 heterocycles. The van der Waals surface area contributed by atoms with Crippen LogP contribution in [0.4, 0.5) is 8.78 Å². The zero-order valence-electron chi connectivity index (χ0n) is 24.0. The highest BCUT2D eigenvalue weighted by Crippen LogP contribution is 2.44. The molecule has 1 N–H and O–H groups in total. The fraction of sp³-hybridized carbons (Fsp3) is 0.485. The number of Topliss-reactive ketones (excluding diaryl/α,β-unsaturated/α-hetero) is 2. The van der Waals surface area contributed by atoms with E-state index in [0.29, 0.717) is 25.6 Å². The lowest BCUT2D eigenvalue weighted by Gasteiger charge is -2.55. The second kappa shape index (κ2) is 11.2. The van der Waals surface area contributed by atoms with Gasteiger partial charge in [0.05, 0.1) is 11.2 Å². The minimum absolute atomic E-state index is 0.0222. The first kappa shape index (κ1) is 29.3. The smallest absolute Gasteiger partial charge is 0.185 e. The summed E-state index contributed by atoms with van der Waals surface area (Å²) in [7, 11) is 0. The molecule has 0 spiro atoms. The van der Waals surface area contributed by atoms with Gasteiger partial charge in [0, 0.05) is 55.9 Å². The van der Waals surface area contributed by atoms with E-state index in [4.69, 9.17) is 4.52 Å². The van der Waals surface area contributed by atoms with Crippen molar-refractivity contribution in [2.45, 2.75) is 82.8 Å². The van der Waals surface area contributed by atoms with Crippen LogP contribution in [0.5, 0.6) is 0 Å². The van der Waals surface area contributed by atoms with Crippen LogP contribution >= 0.6 is 0 Å². The number of halogens is 2. The highest BCUT2D eigenvalue weighted by molar-refractivity contribution is 5.96. The number of carbonyl (C=O) groups is 2. The molecule has 1 aliphatic carbocycles.